The van der Waals surface area contributed by atoms with Crippen molar-refractivity contribution in [3.63, 3.8) is 0 Å². The number of carbonyl (C=O) groups is 1. The quantitative estimate of drug-likeness (QED) is 0.683. The van der Waals surface area contributed by atoms with E-state index in [0.717, 1.165) is 13.0 Å². The lowest BCUT2D eigenvalue weighted by Crippen LogP contribution is -2.38. The van der Waals surface area contributed by atoms with Gasteiger partial charge in [0.2, 0.25) is 5.91 Å². The van der Waals surface area contributed by atoms with Crippen LogP contribution in [0.3, 0.4) is 0 Å². The molecule has 0 saturated heterocycles. The van der Waals surface area contributed by atoms with E-state index < -0.39 is 0 Å². The van der Waals surface area contributed by atoms with Gasteiger partial charge in [0.1, 0.15) is 0 Å². The molecule has 78 valence electrons. The van der Waals surface area contributed by atoms with Crippen molar-refractivity contribution in [3.8, 4) is 0 Å². The summed E-state index contributed by atoms with van der Waals surface area (Å²) in [5.74, 6) is 0.158. The van der Waals surface area contributed by atoms with Crippen molar-refractivity contribution < 1.29 is 9.90 Å². The predicted molar refractivity (Wildman–Crippen MR) is 53.5 cm³/mol. The largest absolute Gasteiger partial charge is 0.396 e. The molecule has 3 nitrogen and oxygen atoms in total. The molecule has 0 spiro atoms. The smallest absolute Gasteiger partial charge is 0.222 e. The molecule has 0 aromatic heterocycles. The van der Waals surface area contributed by atoms with E-state index in [2.05, 4.69) is 13.8 Å². The first-order chi connectivity index (χ1) is 6.17. The van der Waals surface area contributed by atoms with Crippen LogP contribution in [-0.4, -0.2) is 35.1 Å². The van der Waals surface area contributed by atoms with Gasteiger partial charge in [-0.15, -0.1) is 0 Å². The number of carbonyl (C=O) groups excluding carboxylic acids is 1. The van der Waals surface area contributed by atoms with Gasteiger partial charge in [0.15, 0.2) is 0 Å². The molecular formula is C10H21NO2. The topological polar surface area (TPSA) is 40.5 Å². The molecule has 0 saturated carbocycles. The SMILES string of the molecule is CCC(C)N(CC)C(=O)CCCO. The first-order valence-corrected chi connectivity index (χ1v) is 5.07. The average Bonchev–Trinajstić information content (AvgIpc) is 2.15. The van der Waals surface area contributed by atoms with Crippen molar-refractivity contribution in [1.29, 1.82) is 0 Å². The first-order valence-electron chi connectivity index (χ1n) is 5.07. The molecule has 0 aliphatic rings. The lowest BCUT2D eigenvalue weighted by Gasteiger charge is -2.27. The Balaban J connectivity index is 3.99. The van der Waals surface area contributed by atoms with Gasteiger partial charge in [-0.25, -0.2) is 0 Å². The highest BCUT2D eigenvalue weighted by Gasteiger charge is 2.15. The lowest BCUT2D eigenvalue weighted by atomic mass is 10.2. The maximum atomic E-state index is 11.5. The molecule has 1 N–H and O–H groups in total. The van der Waals surface area contributed by atoms with Crippen LogP contribution in [0, 0.1) is 0 Å². The van der Waals surface area contributed by atoms with Crippen LogP contribution in [0.1, 0.15) is 40.0 Å². The fourth-order valence-corrected chi connectivity index (χ4v) is 1.33. The van der Waals surface area contributed by atoms with Gasteiger partial charge in [-0.2, -0.15) is 0 Å². The molecule has 0 rings (SSSR count). The molecule has 0 aliphatic heterocycles. The highest BCUT2D eigenvalue weighted by molar-refractivity contribution is 5.76. The Morgan fingerprint density at radius 3 is 2.46 bits per heavy atom. The Bertz CT molecular complexity index is 148. The van der Waals surface area contributed by atoms with Gasteiger partial charge in [-0.3, -0.25) is 4.79 Å². The van der Waals surface area contributed by atoms with E-state index in [1.807, 2.05) is 11.8 Å². The van der Waals surface area contributed by atoms with Crippen LogP contribution < -0.4 is 0 Å². The van der Waals surface area contributed by atoms with E-state index in [4.69, 9.17) is 5.11 Å². The Labute approximate surface area is 80.7 Å². The van der Waals surface area contributed by atoms with Crippen molar-refractivity contribution in [1.82, 2.24) is 4.90 Å². The summed E-state index contributed by atoms with van der Waals surface area (Å²) in [7, 11) is 0. The van der Waals surface area contributed by atoms with Crippen molar-refractivity contribution in [2.24, 2.45) is 0 Å². The monoisotopic (exact) mass is 187 g/mol. The highest BCUT2D eigenvalue weighted by Crippen LogP contribution is 2.06. The van der Waals surface area contributed by atoms with Crippen LogP contribution in [-0.2, 0) is 4.79 Å². The predicted octanol–water partition coefficient (Wildman–Crippen LogP) is 1.41. The van der Waals surface area contributed by atoms with Crippen molar-refractivity contribution in [2.75, 3.05) is 13.2 Å². The van der Waals surface area contributed by atoms with E-state index in [9.17, 15) is 4.79 Å². The van der Waals surface area contributed by atoms with Gasteiger partial charge >= 0.3 is 0 Å². The fourth-order valence-electron chi connectivity index (χ4n) is 1.33. The third kappa shape index (κ3) is 4.27. The second-order valence-electron chi connectivity index (χ2n) is 3.26. The standard InChI is InChI=1S/C10H21NO2/c1-4-9(3)11(5-2)10(13)7-6-8-12/h9,12H,4-8H2,1-3H3. The maximum absolute atomic E-state index is 11.5. The number of rotatable bonds is 6. The maximum Gasteiger partial charge on any atom is 0.222 e. The number of hydrogen-bond donors (Lipinski definition) is 1. The summed E-state index contributed by atoms with van der Waals surface area (Å²) in [6.45, 7) is 6.99. The molecular weight excluding hydrogens is 166 g/mol. The first kappa shape index (κ1) is 12.4. The minimum absolute atomic E-state index is 0.101. The third-order valence-electron chi connectivity index (χ3n) is 2.33. The highest BCUT2D eigenvalue weighted by atomic mass is 16.3. The Morgan fingerprint density at radius 1 is 1.46 bits per heavy atom. The van der Waals surface area contributed by atoms with E-state index in [1.54, 1.807) is 0 Å². The zero-order valence-electron chi connectivity index (χ0n) is 8.92. The zero-order chi connectivity index (χ0) is 10.3. The van der Waals surface area contributed by atoms with Crippen LogP contribution >= 0.6 is 0 Å². The Hall–Kier alpha value is -0.570. The van der Waals surface area contributed by atoms with Crippen LogP contribution in [0.4, 0.5) is 0 Å². The summed E-state index contributed by atoms with van der Waals surface area (Å²) in [4.78, 5) is 13.4. The second kappa shape index (κ2) is 6.89. The molecule has 0 aromatic carbocycles. The zero-order valence-corrected chi connectivity index (χ0v) is 8.92. The molecule has 0 fully saturated rings. The molecule has 13 heavy (non-hydrogen) atoms. The minimum Gasteiger partial charge on any atom is -0.396 e. The van der Waals surface area contributed by atoms with E-state index >= 15 is 0 Å². The summed E-state index contributed by atoms with van der Waals surface area (Å²) < 4.78 is 0. The van der Waals surface area contributed by atoms with Crippen LogP contribution in [0.15, 0.2) is 0 Å². The van der Waals surface area contributed by atoms with Gasteiger partial charge < -0.3 is 10.0 Å². The van der Waals surface area contributed by atoms with Gasteiger partial charge in [-0.05, 0) is 26.7 Å². The van der Waals surface area contributed by atoms with Gasteiger partial charge in [-0.1, -0.05) is 6.92 Å². The summed E-state index contributed by atoms with van der Waals surface area (Å²) >= 11 is 0. The number of nitrogens with zero attached hydrogens (tertiary/aromatic N) is 1. The molecule has 1 unspecified atom stereocenters. The average molecular weight is 187 g/mol. The molecule has 1 amide bonds. The Kier molecular flexibility index (Phi) is 6.59. The lowest BCUT2D eigenvalue weighted by molar-refractivity contribution is -0.133. The molecule has 3 heteroatoms. The molecule has 0 aliphatic carbocycles. The number of hydrogen-bond acceptors (Lipinski definition) is 2. The van der Waals surface area contributed by atoms with E-state index in [-0.39, 0.29) is 12.5 Å². The van der Waals surface area contributed by atoms with Gasteiger partial charge in [0, 0.05) is 25.6 Å². The summed E-state index contributed by atoms with van der Waals surface area (Å²) in [6.07, 6.45) is 2.03. The molecule has 0 radical (unpaired) electrons. The van der Waals surface area contributed by atoms with Gasteiger partial charge in [0.05, 0.1) is 0 Å². The van der Waals surface area contributed by atoms with E-state index in [1.165, 1.54) is 0 Å². The molecule has 0 heterocycles. The second-order valence-corrected chi connectivity index (χ2v) is 3.26. The van der Waals surface area contributed by atoms with Crippen molar-refractivity contribution >= 4 is 5.91 Å². The molecule has 0 bridgehead atoms. The molecule has 0 aromatic rings. The van der Waals surface area contributed by atoms with Crippen LogP contribution in [0.5, 0.6) is 0 Å². The van der Waals surface area contributed by atoms with Crippen LogP contribution in [0.2, 0.25) is 0 Å². The number of amides is 1. The van der Waals surface area contributed by atoms with Crippen molar-refractivity contribution in [3.05, 3.63) is 0 Å². The fraction of sp³-hybridized carbons (Fsp3) is 0.900. The summed E-state index contributed by atoms with van der Waals surface area (Å²) in [5.41, 5.74) is 0. The summed E-state index contributed by atoms with van der Waals surface area (Å²) in [5, 5.41) is 8.59. The minimum atomic E-state index is 0.101. The van der Waals surface area contributed by atoms with E-state index in [0.29, 0.717) is 18.9 Å². The number of aliphatic hydroxyl groups is 1. The summed E-state index contributed by atoms with van der Waals surface area (Å²) in [6, 6.07) is 0.316. The normalized spacial score (nSPS) is 12.6. The van der Waals surface area contributed by atoms with Crippen LogP contribution in [0.25, 0.3) is 0 Å². The number of aliphatic hydroxyl groups excluding tert-OH is 1. The van der Waals surface area contributed by atoms with Gasteiger partial charge in [0.25, 0.3) is 0 Å². The molecule has 1 atom stereocenters. The van der Waals surface area contributed by atoms with Crippen molar-refractivity contribution in [2.45, 2.75) is 46.1 Å². The third-order valence-corrected chi connectivity index (χ3v) is 2.33. The Morgan fingerprint density at radius 2 is 2.08 bits per heavy atom.